The lowest BCUT2D eigenvalue weighted by molar-refractivity contribution is 0.0703. The van der Waals surface area contributed by atoms with Crippen LogP contribution in [0.3, 0.4) is 0 Å². The minimum Gasteiger partial charge on any atom is -0.516 e. The maximum atomic E-state index is 12.6. The van der Waals surface area contributed by atoms with Crippen LogP contribution >= 0.6 is 0 Å². The molecule has 0 aliphatic rings. The standard InChI is InChI=1S/C21H38O5Si2/c1-9-23-28(24-10-2,25-11-3)17-16-18-12-14-19(15-13-18)20(22)26-27(7,8)21(4,5)6/h12-15H,9-11,16-17H2,1-8H3. The third kappa shape index (κ3) is 7.11. The Balaban J connectivity index is 2.80. The summed E-state index contributed by atoms with van der Waals surface area (Å²) >= 11 is 0. The van der Waals surface area contributed by atoms with Gasteiger partial charge in [0.05, 0.1) is 5.56 Å². The van der Waals surface area contributed by atoms with Crippen LogP contribution in [0.2, 0.25) is 24.2 Å². The molecule has 0 saturated heterocycles. The van der Waals surface area contributed by atoms with E-state index in [0.29, 0.717) is 25.4 Å². The third-order valence-electron chi connectivity index (χ3n) is 5.16. The molecule has 1 aromatic carbocycles. The predicted molar refractivity (Wildman–Crippen MR) is 118 cm³/mol. The molecular formula is C21H38O5Si2. The second kappa shape index (κ2) is 10.7. The number of aryl methyl sites for hydroxylation is 1. The van der Waals surface area contributed by atoms with Gasteiger partial charge in [-0.05, 0) is 63.0 Å². The van der Waals surface area contributed by atoms with Crippen molar-refractivity contribution in [3.63, 3.8) is 0 Å². The normalized spacial score (nSPS) is 12.9. The Hall–Kier alpha value is -0.996. The molecule has 0 atom stereocenters. The van der Waals surface area contributed by atoms with Crippen LogP contribution in [0.15, 0.2) is 24.3 Å². The largest absolute Gasteiger partial charge is 0.516 e. The first-order chi connectivity index (χ1) is 13.0. The maximum absolute atomic E-state index is 12.6. The fourth-order valence-electron chi connectivity index (χ4n) is 2.55. The van der Waals surface area contributed by atoms with Gasteiger partial charge in [-0.3, -0.25) is 0 Å². The molecule has 1 rings (SSSR count). The van der Waals surface area contributed by atoms with Gasteiger partial charge in [-0.25, -0.2) is 4.79 Å². The highest BCUT2D eigenvalue weighted by molar-refractivity contribution is 6.75. The van der Waals surface area contributed by atoms with Crippen molar-refractivity contribution in [2.45, 2.75) is 72.1 Å². The zero-order valence-electron chi connectivity index (χ0n) is 18.9. The summed E-state index contributed by atoms with van der Waals surface area (Å²) in [6.45, 7) is 18.1. The molecule has 7 heteroatoms. The van der Waals surface area contributed by atoms with E-state index in [1.165, 1.54) is 0 Å². The summed E-state index contributed by atoms with van der Waals surface area (Å²) < 4.78 is 23.6. The molecule has 0 heterocycles. The van der Waals surface area contributed by atoms with Crippen LogP contribution in [0.5, 0.6) is 0 Å². The van der Waals surface area contributed by atoms with E-state index in [4.69, 9.17) is 17.7 Å². The molecule has 0 unspecified atom stereocenters. The fourth-order valence-corrected chi connectivity index (χ4v) is 6.03. The van der Waals surface area contributed by atoms with E-state index in [1.807, 2.05) is 45.0 Å². The molecular weight excluding hydrogens is 388 g/mol. The molecule has 0 bridgehead atoms. The number of carbonyl (C=O) groups is 1. The van der Waals surface area contributed by atoms with Crippen LogP contribution in [0.4, 0.5) is 0 Å². The van der Waals surface area contributed by atoms with Crippen LogP contribution in [-0.2, 0) is 24.1 Å². The first-order valence-corrected chi connectivity index (χ1v) is 15.1. The van der Waals surface area contributed by atoms with Gasteiger partial charge in [-0.2, -0.15) is 0 Å². The van der Waals surface area contributed by atoms with Crippen molar-refractivity contribution in [2.75, 3.05) is 19.8 Å². The van der Waals surface area contributed by atoms with Crippen molar-refractivity contribution < 1.29 is 22.5 Å². The van der Waals surface area contributed by atoms with Crippen molar-refractivity contribution in [1.82, 2.24) is 0 Å². The smallest absolute Gasteiger partial charge is 0.501 e. The Morgan fingerprint density at radius 3 is 1.75 bits per heavy atom. The molecule has 0 aromatic heterocycles. The minimum absolute atomic E-state index is 0.00556. The summed E-state index contributed by atoms with van der Waals surface area (Å²) in [6.07, 6.45) is 0.782. The third-order valence-corrected chi connectivity index (χ3v) is 12.5. The number of benzene rings is 1. The topological polar surface area (TPSA) is 54.0 Å². The zero-order chi connectivity index (χ0) is 21.4. The van der Waals surface area contributed by atoms with E-state index >= 15 is 0 Å². The highest BCUT2D eigenvalue weighted by Crippen LogP contribution is 2.37. The van der Waals surface area contributed by atoms with Crippen molar-refractivity contribution in [2.24, 2.45) is 0 Å². The average molecular weight is 427 g/mol. The van der Waals surface area contributed by atoms with Crippen molar-refractivity contribution in [1.29, 1.82) is 0 Å². The van der Waals surface area contributed by atoms with Crippen molar-refractivity contribution in [3.05, 3.63) is 35.4 Å². The van der Waals surface area contributed by atoms with Gasteiger partial charge in [-0.15, -0.1) is 0 Å². The second-order valence-corrected chi connectivity index (χ2v) is 15.8. The summed E-state index contributed by atoms with van der Waals surface area (Å²) in [7, 11) is -4.78. The molecule has 160 valence electrons. The lowest BCUT2D eigenvalue weighted by atomic mass is 10.1. The molecule has 0 saturated carbocycles. The van der Waals surface area contributed by atoms with E-state index in [9.17, 15) is 4.79 Å². The Kier molecular flexibility index (Phi) is 9.56. The Morgan fingerprint density at radius 1 is 0.893 bits per heavy atom. The first-order valence-electron chi connectivity index (χ1n) is 10.2. The number of hydrogen-bond donors (Lipinski definition) is 0. The van der Waals surface area contributed by atoms with Gasteiger partial charge in [0.15, 0.2) is 0 Å². The maximum Gasteiger partial charge on any atom is 0.501 e. The van der Waals surface area contributed by atoms with Gasteiger partial charge < -0.3 is 17.7 Å². The van der Waals surface area contributed by atoms with Gasteiger partial charge in [0.2, 0.25) is 0 Å². The van der Waals surface area contributed by atoms with Crippen LogP contribution in [0.25, 0.3) is 0 Å². The summed E-state index contributed by atoms with van der Waals surface area (Å²) in [4.78, 5) is 12.6. The van der Waals surface area contributed by atoms with E-state index in [0.717, 1.165) is 18.0 Å². The summed E-state index contributed by atoms with van der Waals surface area (Å²) in [5.41, 5.74) is 1.72. The Morgan fingerprint density at radius 2 is 1.36 bits per heavy atom. The van der Waals surface area contributed by atoms with Crippen LogP contribution < -0.4 is 0 Å². The molecule has 0 aliphatic carbocycles. The van der Waals surface area contributed by atoms with Gasteiger partial charge in [-0.1, -0.05) is 32.9 Å². The van der Waals surface area contributed by atoms with Crippen molar-refractivity contribution >= 4 is 23.1 Å². The van der Waals surface area contributed by atoms with Gasteiger partial charge >= 0.3 is 14.8 Å². The molecule has 5 nitrogen and oxygen atoms in total. The number of hydrogen-bond acceptors (Lipinski definition) is 5. The monoisotopic (exact) mass is 426 g/mol. The molecule has 0 N–H and O–H groups in total. The first kappa shape index (κ1) is 25.0. The molecule has 1 aromatic rings. The summed E-state index contributed by atoms with van der Waals surface area (Å²) in [5.74, 6) is -0.236. The average Bonchev–Trinajstić information content (AvgIpc) is 2.60. The van der Waals surface area contributed by atoms with E-state index < -0.39 is 17.1 Å². The molecule has 0 radical (unpaired) electrons. The molecule has 0 spiro atoms. The summed E-state index contributed by atoms with van der Waals surface area (Å²) in [6, 6.07) is 8.36. The fraction of sp³-hybridized carbons (Fsp3) is 0.667. The Bertz CT molecular complexity index is 591. The van der Waals surface area contributed by atoms with Gasteiger partial charge in [0, 0.05) is 25.9 Å². The second-order valence-electron chi connectivity index (χ2n) is 8.33. The number of carbonyl (C=O) groups excluding carboxylic acids is 1. The van der Waals surface area contributed by atoms with Crippen LogP contribution in [0.1, 0.15) is 57.5 Å². The lowest BCUT2D eigenvalue weighted by Gasteiger charge is -2.35. The van der Waals surface area contributed by atoms with Gasteiger partial charge in [0.1, 0.15) is 0 Å². The lowest BCUT2D eigenvalue weighted by Crippen LogP contribution is -2.46. The zero-order valence-corrected chi connectivity index (χ0v) is 20.9. The quantitative estimate of drug-likeness (QED) is 0.441. The minimum atomic E-state index is -2.65. The Labute approximate surface area is 173 Å². The van der Waals surface area contributed by atoms with Crippen LogP contribution in [0, 0.1) is 0 Å². The molecule has 0 fully saturated rings. The molecule has 0 aliphatic heterocycles. The van der Waals surface area contributed by atoms with Crippen LogP contribution in [-0.4, -0.2) is 42.9 Å². The predicted octanol–water partition coefficient (Wildman–Crippen LogP) is 5.44. The molecule has 28 heavy (non-hydrogen) atoms. The number of rotatable bonds is 11. The SMILES string of the molecule is CCO[Si](CCc1ccc(C(=O)O[Si](C)(C)C(C)(C)C)cc1)(OCC)OCC. The highest BCUT2D eigenvalue weighted by atomic mass is 28.4. The van der Waals surface area contributed by atoms with Gasteiger partial charge in [0.25, 0.3) is 8.32 Å². The van der Waals surface area contributed by atoms with E-state index in [2.05, 4.69) is 33.9 Å². The molecule has 0 amide bonds. The highest BCUT2D eigenvalue weighted by Gasteiger charge is 2.41. The van der Waals surface area contributed by atoms with E-state index in [1.54, 1.807) is 0 Å². The van der Waals surface area contributed by atoms with Crippen molar-refractivity contribution in [3.8, 4) is 0 Å². The summed E-state index contributed by atoms with van der Waals surface area (Å²) in [5, 5.41) is -0.00556. The van der Waals surface area contributed by atoms with E-state index in [-0.39, 0.29) is 11.0 Å².